The first-order valence-electron chi connectivity index (χ1n) is 8.36. The van der Waals surface area contributed by atoms with Crippen LogP contribution in [-0.4, -0.2) is 17.9 Å². The number of hydrogen-bond acceptors (Lipinski definition) is 3. The molecule has 0 N–H and O–H groups in total. The van der Waals surface area contributed by atoms with Crippen LogP contribution in [0.5, 0.6) is 0 Å². The fourth-order valence-corrected chi connectivity index (χ4v) is 3.09. The van der Waals surface area contributed by atoms with Crippen LogP contribution in [0.1, 0.15) is 75.8 Å². The van der Waals surface area contributed by atoms with Gasteiger partial charge >= 0.3 is 5.97 Å². The Hall–Kier alpha value is -1.64. The van der Waals surface area contributed by atoms with E-state index >= 15 is 0 Å². The second kappa shape index (κ2) is 7.57. The van der Waals surface area contributed by atoms with Crippen LogP contribution in [-0.2, 0) is 14.3 Å². The highest BCUT2D eigenvalue weighted by Gasteiger charge is 2.31. The molecule has 22 heavy (non-hydrogen) atoms. The summed E-state index contributed by atoms with van der Waals surface area (Å²) >= 11 is 0. The lowest BCUT2D eigenvalue weighted by molar-refractivity contribution is -0.159. The number of esters is 1. The van der Waals surface area contributed by atoms with Gasteiger partial charge < -0.3 is 4.74 Å². The average Bonchev–Trinajstić information content (AvgIpc) is 2.54. The summed E-state index contributed by atoms with van der Waals surface area (Å²) in [6.07, 6.45) is 4.10. The molecule has 1 fully saturated rings. The Kier molecular flexibility index (Phi) is 5.76. The van der Waals surface area contributed by atoms with E-state index < -0.39 is 11.8 Å². The van der Waals surface area contributed by atoms with E-state index in [-0.39, 0.29) is 18.4 Å². The number of hydrogen-bond donors (Lipinski definition) is 0. The Bertz CT molecular complexity index is 516. The first kappa shape index (κ1) is 16.7. The molecule has 0 bridgehead atoms. The SMILES string of the molecule is CCC(=O)C(=O)O[C@@H]1CCCC[C@H]1c1ccc(C(C)C)cc1. The van der Waals surface area contributed by atoms with Crippen LogP contribution >= 0.6 is 0 Å². The van der Waals surface area contributed by atoms with Gasteiger partial charge in [-0.25, -0.2) is 4.79 Å². The molecule has 120 valence electrons. The van der Waals surface area contributed by atoms with E-state index in [0.717, 1.165) is 25.7 Å². The predicted octanol–water partition coefficient (Wildman–Crippen LogP) is 4.36. The molecule has 0 heterocycles. The zero-order chi connectivity index (χ0) is 16.1. The maximum atomic E-state index is 11.8. The molecule has 1 aromatic carbocycles. The fraction of sp³-hybridized carbons (Fsp3) is 0.579. The highest BCUT2D eigenvalue weighted by atomic mass is 16.5. The van der Waals surface area contributed by atoms with Crippen LogP contribution in [0, 0.1) is 0 Å². The van der Waals surface area contributed by atoms with Crippen molar-refractivity contribution in [1.29, 1.82) is 0 Å². The molecule has 1 aliphatic rings. The number of ketones is 1. The zero-order valence-corrected chi connectivity index (χ0v) is 13.8. The van der Waals surface area contributed by atoms with Crippen molar-refractivity contribution in [3.63, 3.8) is 0 Å². The van der Waals surface area contributed by atoms with Crippen molar-refractivity contribution in [1.82, 2.24) is 0 Å². The lowest BCUT2D eigenvalue weighted by atomic mass is 9.81. The van der Waals surface area contributed by atoms with Crippen LogP contribution in [0.15, 0.2) is 24.3 Å². The standard InChI is InChI=1S/C19H26O3/c1-4-17(20)19(21)22-18-8-6-5-7-16(18)15-11-9-14(10-12-15)13(2)3/h9-13,16,18H,4-8H2,1-3H3/t16-,18+/m0/s1. The molecule has 1 aliphatic carbocycles. The van der Waals surface area contributed by atoms with Crippen molar-refractivity contribution >= 4 is 11.8 Å². The number of Topliss-reactive ketones (excluding diaryl/α,β-unsaturated/α-hetero) is 1. The van der Waals surface area contributed by atoms with Gasteiger partial charge in [-0.3, -0.25) is 4.79 Å². The highest BCUT2D eigenvalue weighted by molar-refractivity contribution is 6.33. The molecule has 3 heteroatoms. The van der Waals surface area contributed by atoms with E-state index in [4.69, 9.17) is 4.74 Å². The summed E-state index contributed by atoms with van der Waals surface area (Å²) in [6.45, 7) is 6.04. The summed E-state index contributed by atoms with van der Waals surface area (Å²) in [5.41, 5.74) is 2.53. The van der Waals surface area contributed by atoms with Gasteiger partial charge in [0.1, 0.15) is 6.10 Å². The molecule has 2 atom stereocenters. The van der Waals surface area contributed by atoms with Gasteiger partial charge in [-0.2, -0.15) is 0 Å². The van der Waals surface area contributed by atoms with Crippen molar-refractivity contribution in [2.24, 2.45) is 0 Å². The molecule has 0 unspecified atom stereocenters. The van der Waals surface area contributed by atoms with E-state index in [9.17, 15) is 9.59 Å². The summed E-state index contributed by atoms with van der Waals surface area (Å²) in [5.74, 6) is -0.377. The van der Waals surface area contributed by atoms with E-state index in [2.05, 4.69) is 38.1 Å². The summed E-state index contributed by atoms with van der Waals surface area (Å²) in [5, 5.41) is 0. The van der Waals surface area contributed by atoms with Gasteiger partial charge in [0.05, 0.1) is 0 Å². The number of benzene rings is 1. The Morgan fingerprint density at radius 3 is 2.36 bits per heavy atom. The Morgan fingerprint density at radius 2 is 1.77 bits per heavy atom. The molecule has 1 saturated carbocycles. The first-order valence-corrected chi connectivity index (χ1v) is 8.36. The maximum absolute atomic E-state index is 11.8. The molecular formula is C19H26O3. The third-order valence-electron chi connectivity index (χ3n) is 4.54. The zero-order valence-electron chi connectivity index (χ0n) is 13.8. The Morgan fingerprint density at radius 1 is 1.14 bits per heavy atom. The molecular weight excluding hydrogens is 276 g/mol. The third-order valence-corrected chi connectivity index (χ3v) is 4.54. The monoisotopic (exact) mass is 302 g/mol. The Labute approximate surface area is 133 Å². The van der Waals surface area contributed by atoms with Crippen molar-refractivity contribution in [3.8, 4) is 0 Å². The van der Waals surface area contributed by atoms with Crippen molar-refractivity contribution in [2.75, 3.05) is 0 Å². The topological polar surface area (TPSA) is 43.4 Å². The minimum Gasteiger partial charge on any atom is -0.456 e. The molecule has 0 radical (unpaired) electrons. The predicted molar refractivity (Wildman–Crippen MR) is 86.9 cm³/mol. The van der Waals surface area contributed by atoms with Crippen LogP contribution in [0.3, 0.4) is 0 Å². The second-order valence-electron chi connectivity index (χ2n) is 6.43. The number of ether oxygens (including phenoxy) is 1. The molecule has 1 aromatic rings. The minimum absolute atomic E-state index is 0.165. The molecule has 0 aliphatic heterocycles. The summed E-state index contributed by atoms with van der Waals surface area (Å²) in [7, 11) is 0. The Balaban J connectivity index is 2.12. The normalized spacial score (nSPS) is 21.6. The van der Waals surface area contributed by atoms with Gasteiger partial charge in [-0.15, -0.1) is 0 Å². The molecule has 0 aromatic heterocycles. The number of rotatable bonds is 5. The van der Waals surface area contributed by atoms with Gasteiger partial charge in [0.2, 0.25) is 5.78 Å². The van der Waals surface area contributed by atoms with Crippen LogP contribution in [0.4, 0.5) is 0 Å². The van der Waals surface area contributed by atoms with Gasteiger partial charge in [0.25, 0.3) is 0 Å². The van der Waals surface area contributed by atoms with Crippen molar-refractivity contribution in [3.05, 3.63) is 35.4 Å². The number of carbonyl (C=O) groups is 2. The lowest BCUT2D eigenvalue weighted by Crippen LogP contribution is -2.31. The van der Waals surface area contributed by atoms with E-state index in [0.29, 0.717) is 5.92 Å². The van der Waals surface area contributed by atoms with Crippen LogP contribution < -0.4 is 0 Å². The van der Waals surface area contributed by atoms with E-state index in [1.165, 1.54) is 11.1 Å². The molecule has 0 spiro atoms. The number of carbonyl (C=O) groups excluding carboxylic acids is 2. The quantitative estimate of drug-likeness (QED) is 0.599. The average molecular weight is 302 g/mol. The third kappa shape index (κ3) is 3.96. The van der Waals surface area contributed by atoms with E-state index in [1.807, 2.05) is 0 Å². The highest BCUT2D eigenvalue weighted by Crippen LogP contribution is 2.35. The first-order chi connectivity index (χ1) is 10.5. The van der Waals surface area contributed by atoms with Crippen LogP contribution in [0.2, 0.25) is 0 Å². The van der Waals surface area contributed by atoms with Crippen molar-refractivity contribution in [2.45, 2.75) is 70.8 Å². The van der Waals surface area contributed by atoms with Crippen molar-refractivity contribution < 1.29 is 14.3 Å². The summed E-state index contributed by atoms with van der Waals surface area (Å²) in [6, 6.07) is 8.61. The van der Waals surface area contributed by atoms with Gasteiger partial charge in [-0.1, -0.05) is 51.5 Å². The molecule has 0 saturated heterocycles. The smallest absolute Gasteiger partial charge is 0.374 e. The second-order valence-corrected chi connectivity index (χ2v) is 6.43. The molecule has 3 nitrogen and oxygen atoms in total. The molecule has 0 amide bonds. The fourth-order valence-electron chi connectivity index (χ4n) is 3.09. The minimum atomic E-state index is -0.668. The molecule has 2 rings (SSSR count). The van der Waals surface area contributed by atoms with Gasteiger partial charge in [-0.05, 0) is 36.3 Å². The van der Waals surface area contributed by atoms with Gasteiger partial charge in [0, 0.05) is 12.3 Å². The maximum Gasteiger partial charge on any atom is 0.374 e. The largest absolute Gasteiger partial charge is 0.456 e. The summed E-state index contributed by atoms with van der Waals surface area (Å²) < 4.78 is 5.50. The van der Waals surface area contributed by atoms with E-state index in [1.54, 1.807) is 6.92 Å². The van der Waals surface area contributed by atoms with Crippen LogP contribution in [0.25, 0.3) is 0 Å². The van der Waals surface area contributed by atoms with Gasteiger partial charge in [0.15, 0.2) is 0 Å². The summed E-state index contributed by atoms with van der Waals surface area (Å²) in [4.78, 5) is 23.3. The lowest BCUT2D eigenvalue weighted by Gasteiger charge is -2.31.